The quantitative estimate of drug-likeness (QED) is 0.323. The molecule has 0 aromatic heterocycles. The molecule has 0 amide bonds. The van der Waals surface area contributed by atoms with Gasteiger partial charge in [-0.25, -0.2) is 0 Å². The molecule has 4 heteroatoms. The first-order chi connectivity index (χ1) is 15.7. The second-order valence-corrected chi connectivity index (χ2v) is 8.56. The highest BCUT2D eigenvalue weighted by Gasteiger charge is 2.21. The third-order valence-electron chi connectivity index (χ3n) is 5.55. The fraction of sp³-hybridized carbons (Fsp3) is 0.0714. The summed E-state index contributed by atoms with van der Waals surface area (Å²) < 4.78 is 5.62. The number of carbonyl (C=O) groups excluding carboxylic acids is 2. The van der Waals surface area contributed by atoms with Crippen LogP contribution in [0, 0.1) is 0 Å². The number of hydrogen-bond donors (Lipinski definition) is 0. The van der Waals surface area contributed by atoms with Gasteiger partial charge in [0.1, 0.15) is 12.4 Å². The summed E-state index contributed by atoms with van der Waals surface area (Å²) in [7, 11) is 0. The van der Waals surface area contributed by atoms with Gasteiger partial charge < -0.3 is 4.74 Å². The Kier molecular flexibility index (Phi) is 5.61. The van der Waals surface area contributed by atoms with Crippen molar-refractivity contribution in [1.82, 2.24) is 0 Å². The van der Waals surface area contributed by atoms with E-state index in [2.05, 4.69) is 0 Å². The average molecular weight is 437 g/mol. The van der Waals surface area contributed by atoms with Crippen LogP contribution in [0.1, 0.15) is 43.0 Å². The summed E-state index contributed by atoms with van der Waals surface area (Å²) in [6, 6.07) is 30.6. The molecule has 0 atom stereocenters. The van der Waals surface area contributed by atoms with Gasteiger partial charge in [0.05, 0.1) is 5.56 Å². The van der Waals surface area contributed by atoms with Crippen molar-refractivity contribution in [3.63, 3.8) is 0 Å². The number of rotatable bonds is 0. The minimum absolute atomic E-state index is 0.0451. The topological polar surface area (TPSA) is 43.4 Å². The molecule has 2 aliphatic rings. The van der Waals surface area contributed by atoms with E-state index in [0.717, 1.165) is 38.5 Å². The fourth-order valence-corrected chi connectivity index (χ4v) is 4.95. The Morgan fingerprint density at radius 1 is 0.562 bits per heavy atom. The van der Waals surface area contributed by atoms with Crippen LogP contribution in [-0.2, 0) is 12.4 Å². The number of carbonyl (C=O) groups is 2. The van der Waals surface area contributed by atoms with Crippen LogP contribution < -0.4 is 4.74 Å². The zero-order valence-electron chi connectivity index (χ0n) is 17.3. The molecule has 32 heavy (non-hydrogen) atoms. The van der Waals surface area contributed by atoms with Gasteiger partial charge in [0.2, 0.25) is 0 Å². The molecule has 0 radical (unpaired) electrons. The highest BCUT2D eigenvalue weighted by atomic mass is 32.2. The van der Waals surface area contributed by atoms with Crippen LogP contribution in [0.3, 0.4) is 0 Å². The van der Waals surface area contributed by atoms with Crippen molar-refractivity contribution in [2.24, 2.45) is 0 Å². The maximum Gasteiger partial charge on any atom is 0.197 e. The van der Waals surface area contributed by atoms with E-state index in [4.69, 9.17) is 4.74 Å². The zero-order valence-corrected chi connectivity index (χ0v) is 18.1. The minimum Gasteiger partial charge on any atom is -0.488 e. The Balaban J connectivity index is 0.000000135. The van der Waals surface area contributed by atoms with Crippen LogP contribution in [0.25, 0.3) is 0 Å². The second-order valence-electron chi connectivity index (χ2n) is 7.54. The first-order valence-electron chi connectivity index (χ1n) is 10.4. The largest absolute Gasteiger partial charge is 0.488 e. The molecule has 4 aromatic rings. The lowest BCUT2D eigenvalue weighted by molar-refractivity contribution is 0.102. The number of benzene rings is 4. The van der Waals surface area contributed by atoms with Crippen LogP contribution >= 0.6 is 11.8 Å². The van der Waals surface area contributed by atoms with Crippen molar-refractivity contribution in [3.8, 4) is 5.75 Å². The molecular formula is C28H20O3S. The normalized spacial score (nSPS) is 13.6. The van der Waals surface area contributed by atoms with E-state index in [9.17, 15) is 9.59 Å². The predicted molar refractivity (Wildman–Crippen MR) is 127 cm³/mol. The molecule has 3 nitrogen and oxygen atoms in total. The molecule has 6 rings (SSSR count). The second kappa shape index (κ2) is 8.85. The fourth-order valence-electron chi connectivity index (χ4n) is 3.90. The lowest BCUT2D eigenvalue weighted by Gasteiger charge is -2.04. The first kappa shape index (κ1) is 20.3. The highest BCUT2D eigenvalue weighted by molar-refractivity contribution is 7.98. The van der Waals surface area contributed by atoms with E-state index >= 15 is 0 Å². The number of thioether (sulfide) groups is 1. The summed E-state index contributed by atoms with van der Waals surface area (Å²) in [6.45, 7) is 0.457. The lowest BCUT2D eigenvalue weighted by Crippen LogP contribution is -2.03. The number of hydrogen-bond acceptors (Lipinski definition) is 4. The van der Waals surface area contributed by atoms with E-state index in [1.165, 1.54) is 0 Å². The maximum absolute atomic E-state index is 12.3. The molecule has 0 fully saturated rings. The highest BCUT2D eigenvalue weighted by Crippen LogP contribution is 2.33. The summed E-state index contributed by atoms with van der Waals surface area (Å²) in [5, 5.41) is 0. The molecule has 0 saturated heterocycles. The summed E-state index contributed by atoms with van der Waals surface area (Å²) in [5.74, 6) is 1.74. The van der Waals surface area contributed by atoms with Gasteiger partial charge >= 0.3 is 0 Å². The van der Waals surface area contributed by atoms with E-state index in [1.807, 2.05) is 91.0 Å². The third kappa shape index (κ3) is 3.85. The van der Waals surface area contributed by atoms with Gasteiger partial charge in [-0.3, -0.25) is 9.59 Å². The third-order valence-corrected chi connectivity index (χ3v) is 6.68. The molecular weight excluding hydrogens is 416 g/mol. The SMILES string of the molecule is O=C1c2ccccc2COc2ccccc21.O=C1c2ccccc2CSc2ccccc21. The number of fused-ring (bicyclic) bond motifs is 4. The van der Waals surface area contributed by atoms with Gasteiger partial charge in [-0.1, -0.05) is 72.8 Å². The number of para-hydroxylation sites is 1. The molecule has 0 saturated carbocycles. The molecule has 0 aliphatic carbocycles. The van der Waals surface area contributed by atoms with E-state index in [-0.39, 0.29) is 11.6 Å². The molecule has 4 aromatic carbocycles. The predicted octanol–water partition coefficient (Wildman–Crippen LogP) is 6.33. The average Bonchev–Trinajstić information content (AvgIpc) is 3.09. The molecule has 0 spiro atoms. The molecule has 0 unspecified atom stereocenters. The van der Waals surface area contributed by atoms with Gasteiger partial charge in [0.15, 0.2) is 11.6 Å². The molecule has 156 valence electrons. The Labute approximate surface area is 191 Å². The molecule has 2 heterocycles. The lowest BCUT2D eigenvalue weighted by atomic mass is 9.99. The van der Waals surface area contributed by atoms with Crippen molar-refractivity contribution in [3.05, 3.63) is 130 Å². The molecule has 0 N–H and O–H groups in total. The summed E-state index contributed by atoms with van der Waals surface area (Å²) >= 11 is 1.74. The smallest absolute Gasteiger partial charge is 0.197 e. The van der Waals surface area contributed by atoms with Crippen molar-refractivity contribution in [2.45, 2.75) is 17.3 Å². The number of ether oxygens (including phenoxy) is 1. The van der Waals surface area contributed by atoms with Crippen molar-refractivity contribution in [1.29, 1.82) is 0 Å². The number of ketones is 2. The van der Waals surface area contributed by atoms with Crippen LogP contribution in [0.5, 0.6) is 5.75 Å². The Bertz CT molecular complexity index is 1120. The van der Waals surface area contributed by atoms with Gasteiger partial charge in [-0.05, 0) is 29.8 Å². The van der Waals surface area contributed by atoms with Crippen LogP contribution in [0.2, 0.25) is 0 Å². The summed E-state index contributed by atoms with van der Waals surface area (Å²) in [5.41, 5.74) is 5.15. The Morgan fingerprint density at radius 3 is 1.88 bits per heavy atom. The van der Waals surface area contributed by atoms with Crippen LogP contribution in [0.15, 0.2) is 102 Å². The zero-order chi connectivity index (χ0) is 21.9. The van der Waals surface area contributed by atoms with Gasteiger partial charge in [0.25, 0.3) is 0 Å². The standard InChI is InChI=1S/C14H10O2.C14H10OS/c2*15-14-11-6-2-1-5-10(11)9-16-13-8-4-3-7-12(13)14/h2*1-8H,9H2. The summed E-state index contributed by atoms with van der Waals surface area (Å²) in [4.78, 5) is 25.6. The minimum atomic E-state index is 0.0451. The Hall–Kier alpha value is -3.63. The first-order valence-corrected chi connectivity index (χ1v) is 11.4. The summed E-state index contributed by atoms with van der Waals surface area (Å²) in [6.07, 6.45) is 0. The van der Waals surface area contributed by atoms with Crippen molar-refractivity contribution >= 4 is 23.3 Å². The van der Waals surface area contributed by atoms with E-state index < -0.39 is 0 Å². The van der Waals surface area contributed by atoms with Gasteiger partial charge in [0, 0.05) is 32.9 Å². The van der Waals surface area contributed by atoms with Gasteiger partial charge in [-0.15, -0.1) is 11.8 Å². The van der Waals surface area contributed by atoms with Crippen molar-refractivity contribution in [2.75, 3.05) is 0 Å². The van der Waals surface area contributed by atoms with Crippen molar-refractivity contribution < 1.29 is 14.3 Å². The maximum atomic E-state index is 12.3. The van der Waals surface area contributed by atoms with E-state index in [0.29, 0.717) is 17.9 Å². The van der Waals surface area contributed by atoms with Crippen LogP contribution in [-0.4, -0.2) is 11.6 Å². The molecule has 0 bridgehead atoms. The van der Waals surface area contributed by atoms with E-state index in [1.54, 1.807) is 17.8 Å². The molecule has 2 aliphatic heterocycles. The Morgan fingerprint density at radius 2 is 1.09 bits per heavy atom. The van der Waals surface area contributed by atoms with Gasteiger partial charge in [-0.2, -0.15) is 0 Å². The van der Waals surface area contributed by atoms with Crippen LogP contribution in [0.4, 0.5) is 0 Å². The monoisotopic (exact) mass is 436 g/mol.